The molecule has 96 valence electrons. The Morgan fingerprint density at radius 3 is 2.56 bits per heavy atom. The van der Waals surface area contributed by atoms with E-state index >= 15 is 0 Å². The van der Waals surface area contributed by atoms with E-state index in [1.165, 1.54) is 0 Å². The molecule has 2 unspecified atom stereocenters. The minimum Gasteiger partial charge on any atom is -0.466 e. The van der Waals surface area contributed by atoms with E-state index in [2.05, 4.69) is 19.2 Å². The number of rotatable bonds is 8. The van der Waals surface area contributed by atoms with Crippen LogP contribution in [0.2, 0.25) is 0 Å². The van der Waals surface area contributed by atoms with Gasteiger partial charge >= 0.3 is 5.97 Å². The van der Waals surface area contributed by atoms with Crippen molar-refractivity contribution in [2.45, 2.75) is 46.1 Å². The third kappa shape index (κ3) is 5.47. The summed E-state index contributed by atoms with van der Waals surface area (Å²) in [6, 6.07) is 0. The number of nitrogens with one attached hydrogen (secondary N) is 1. The van der Waals surface area contributed by atoms with Gasteiger partial charge in [-0.2, -0.15) is 0 Å². The first-order valence-electron chi connectivity index (χ1n) is 6.01. The van der Waals surface area contributed by atoms with Gasteiger partial charge in [0.05, 0.1) is 12.5 Å². The summed E-state index contributed by atoms with van der Waals surface area (Å²) in [6.45, 7) is 8.94. The van der Waals surface area contributed by atoms with E-state index in [-0.39, 0.29) is 24.0 Å². The number of hydrogen-bond acceptors (Lipinski definition) is 4. The van der Waals surface area contributed by atoms with Crippen LogP contribution in [0.3, 0.4) is 0 Å². The summed E-state index contributed by atoms with van der Waals surface area (Å²) < 4.78 is 4.93. The maximum absolute atomic E-state index is 11.4. The predicted molar refractivity (Wildman–Crippen MR) is 64.2 cm³/mol. The van der Waals surface area contributed by atoms with E-state index in [9.17, 15) is 4.79 Å². The first kappa shape index (κ1) is 15.4. The molecule has 0 saturated heterocycles. The molecular formula is C12H25NO3. The van der Waals surface area contributed by atoms with E-state index in [1.807, 2.05) is 6.92 Å². The number of carbonyl (C=O) groups is 1. The number of hydrogen-bond donors (Lipinski definition) is 2. The third-order valence-electron chi connectivity index (χ3n) is 2.97. The fraction of sp³-hybridized carbons (Fsp3) is 0.917. The van der Waals surface area contributed by atoms with Crippen molar-refractivity contribution < 1.29 is 14.6 Å². The molecule has 0 spiro atoms. The fourth-order valence-electron chi connectivity index (χ4n) is 1.40. The van der Waals surface area contributed by atoms with E-state index < -0.39 is 0 Å². The van der Waals surface area contributed by atoms with Crippen LogP contribution in [-0.4, -0.2) is 36.4 Å². The van der Waals surface area contributed by atoms with E-state index in [1.54, 1.807) is 6.92 Å². The Morgan fingerprint density at radius 1 is 1.50 bits per heavy atom. The molecule has 0 bridgehead atoms. The van der Waals surface area contributed by atoms with Crippen LogP contribution in [0.4, 0.5) is 0 Å². The molecule has 4 nitrogen and oxygen atoms in total. The zero-order chi connectivity index (χ0) is 12.6. The molecule has 0 aliphatic carbocycles. The lowest BCUT2D eigenvalue weighted by Gasteiger charge is -2.30. The molecular weight excluding hydrogens is 206 g/mol. The molecule has 4 heteroatoms. The molecule has 0 aliphatic heterocycles. The van der Waals surface area contributed by atoms with E-state index in [0.717, 1.165) is 6.42 Å². The monoisotopic (exact) mass is 231 g/mol. The summed E-state index contributed by atoms with van der Waals surface area (Å²) in [4.78, 5) is 11.4. The Hall–Kier alpha value is -0.610. The molecule has 0 aromatic heterocycles. The molecule has 0 amide bonds. The molecule has 0 radical (unpaired) electrons. The van der Waals surface area contributed by atoms with Crippen molar-refractivity contribution in [2.75, 3.05) is 19.8 Å². The smallest absolute Gasteiger partial charge is 0.309 e. The number of carbonyl (C=O) groups excluding carboxylic acids is 1. The summed E-state index contributed by atoms with van der Waals surface area (Å²) in [7, 11) is 0. The summed E-state index contributed by atoms with van der Waals surface area (Å²) in [5, 5.41) is 12.3. The van der Waals surface area contributed by atoms with E-state index in [4.69, 9.17) is 9.84 Å². The van der Waals surface area contributed by atoms with Crippen LogP contribution in [0.25, 0.3) is 0 Å². The minimum absolute atomic E-state index is 0.102. The Morgan fingerprint density at radius 2 is 2.12 bits per heavy atom. The van der Waals surface area contributed by atoms with Gasteiger partial charge in [-0.25, -0.2) is 0 Å². The van der Waals surface area contributed by atoms with Crippen molar-refractivity contribution in [3.63, 3.8) is 0 Å². The maximum Gasteiger partial charge on any atom is 0.309 e. The summed E-state index contributed by atoms with van der Waals surface area (Å²) in [6.07, 6.45) is 1.61. The second-order valence-electron chi connectivity index (χ2n) is 4.42. The second kappa shape index (κ2) is 7.63. The Bertz CT molecular complexity index is 208. The van der Waals surface area contributed by atoms with Gasteiger partial charge in [0.15, 0.2) is 0 Å². The average molecular weight is 231 g/mol. The van der Waals surface area contributed by atoms with Crippen molar-refractivity contribution in [2.24, 2.45) is 5.92 Å². The van der Waals surface area contributed by atoms with E-state index in [0.29, 0.717) is 19.6 Å². The van der Waals surface area contributed by atoms with Gasteiger partial charge in [0.2, 0.25) is 0 Å². The normalized spacial score (nSPS) is 16.6. The molecule has 0 aliphatic rings. The molecule has 0 saturated carbocycles. The number of aliphatic hydroxyl groups excluding tert-OH is 1. The first-order chi connectivity index (χ1) is 7.49. The van der Waals surface area contributed by atoms with Crippen LogP contribution in [0.1, 0.15) is 40.5 Å². The molecule has 2 atom stereocenters. The van der Waals surface area contributed by atoms with Gasteiger partial charge in [0.25, 0.3) is 0 Å². The molecule has 0 fully saturated rings. The maximum atomic E-state index is 11.4. The van der Waals surface area contributed by atoms with Crippen LogP contribution >= 0.6 is 0 Å². The standard InChI is InChI=1S/C12H25NO3/c1-5-12(4,7-8-14)13-9-10(3)11(15)16-6-2/h10,13-14H,5-9H2,1-4H3. The largest absolute Gasteiger partial charge is 0.466 e. The van der Waals surface area contributed by atoms with Crippen LogP contribution in [0, 0.1) is 5.92 Å². The lowest BCUT2D eigenvalue weighted by atomic mass is 9.94. The second-order valence-corrected chi connectivity index (χ2v) is 4.42. The number of aliphatic hydroxyl groups is 1. The van der Waals surface area contributed by atoms with Crippen molar-refractivity contribution >= 4 is 5.97 Å². The van der Waals surface area contributed by atoms with Crippen molar-refractivity contribution in [3.8, 4) is 0 Å². The van der Waals surface area contributed by atoms with Gasteiger partial charge in [-0.3, -0.25) is 4.79 Å². The SMILES string of the molecule is CCOC(=O)C(C)CNC(C)(CC)CCO. The van der Waals surface area contributed by atoms with Crippen LogP contribution in [-0.2, 0) is 9.53 Å². The molecule has 16 heavy (non-hydrogen) atoms. The number of esters is 1. The predicted octanol–water partition coefficient (Wildman–Crippen LogP) is 1.33. The molecule has 0 rings (SSSR count). The molecule has 0 aromatic rings. The summed E-state index contributed by atoms with van der Waals surface area (Å²) >= 11 is 0. The highest BCUT2D eigenvalue weighted by molar-refractivity contribution is 5.72. The van der Waals surface area contributed by atoms with Crippen LogP contribution in [0.15, 0.2) is 0 Å². The van der Waals surface area contributed by atoms with Crippen molar-refractivity contribution in [3.05, 3.63) is 0 Å². The van der Waals surface area contributed by atoms with Gasteiger partial charge in [-0.05, 0) is 26.7 Å². The zero-order valence-electron chi connectivity index (χ0n) is 10.9. The van der Waals surface area contributed by atoms with Gasteiger partial charge in [0, 0.05) is 18.7 Å². The van der Waals surface area contributed by atoms with Gasteiger partial charge in [-0.15, -0.1) is 0 Å². The lowest BCUT2D eigenvalue weighted by Crippen LogP contribution is -2.45. The van der Waals surface area contributed by atoms with Gasteiger partial charge in [-0.1, -0.05) is 13.8 Å². The highest BCUT2D eigenvalue weighted by Gasteiger charge is 2.23. The quantitative estimate of drug-likeness (QED) is 0.619. The van der Waals surface area contributed by atoms with Crippen molar-refractivity contribution in [1.82, 2.24) is 5.32 Å². The molecule has 2 N–H and O–H groups in total. The minimum atomic E-state index is -0.169. The Labute approximate surface area is 98.4 Å². The summed E-state index contributed by atoms with van der Waals surface area (Å²) in [5.41, 5.74) is -0.102. The van der Waals surface area contributed by atoms with Crippen LogP contribution < -0.4 is 5.32 Å². The number of ether oxygens (including phenoxy) is 1. The first-order valence-corrected chi connectivity index (χ1v) is 6.01. The highest BCUT2D eigenvalue weighted by atomic mass is 16.5. The topological polar surface area (TPSA) is 58.6 Å². The van der Waals surface area contributed by atoms with Gasteiger partial charge < -0.3 is 15.2 Å². The third-order valence-corrected chi connectivity index (χ3v) is 2.97. The summed E-state index contributed by atoms with van der Waals surface area (Å²) in [5.74, 6) is -0.318. The fourth-order valence-corrected chi connectivity index (χ4v) is 1.40. The molecule has 0 heterocycles. The lowest BCUT2D eigenvalue weighted by molar-refractivity contribution is -0.147. The average Bonchev–Trinajstić information content (AvgIpc) is 2.26. The molecule has 0 aromatic carbocycles. The Balaban J connectivity index is 4.05. The van der Waals surface area contributed by atoms with Crippen LogP contribution in [0.5, 0.6) is 0 Å². The van der Waals surface area contributed by atoms with Crippen molar-refractivity contribution in [1.29, 1.82) is 0 Å². The zero-order valence-corrected chi connectivity index (χ0v) is 10.9. The Kier molecular flexibility index (Phi) is 7.34. The van der Waals surface area contributed by atoms with Gasteiger partial charge in [0.1, 0.15) is 0 Å². The highest BCUT2D eigenvalue weighted by Crippen LogP contribution is 2.14.